The smallest absolute Gasteiger partial charge is 0.243 e. The molecule has 0 bridgehead atoms. The zero-order chi connectivity index (χ0) is 21.7. The van der Waals surface area contributed by atoms with Crippen LogP contribution in [0.25, 0.3) is 0 Å². The third-order valence-electron chi connectivity index (χ3n) is 6.43. The van der Waals surface area contributed by atoms with Crippen LogP contribution in [0.4, 0.5) is 11.4 Å². The number of carbonyl (C=O) groups is 1. The van der Waals surface area contributed by atoms with Crippen molar-refractivity contribution in [1.82, 2.24) is 9.62 Å². The van der Waals surface area contributed by atoms with Crippen LogP contribution < -0.4 is 15.5 Å². The fraction of sp³-hybridized carbons (Fsp3) is 0.682. The Morgan fingerprint density at radius 3 is 2.42 bits per heavy atom. The van der Waals surface area contributed by atoms with Gasteiger partial charge in [-0.15, -0.1) is 0 Å². The summed E-state index contributed by atoms with van der Waals surface area (Å²) in [6.07, 6.45) is 7.27. The summed E-state index contributed by atoms with van der Waals surface area (Å²) in [6.45, 7) is 4.01. The normalized spacial score (nSPS) is 21.2. The predicted octanol–water partition coefficient (Wildman–Crippen LogP) is 2.17. The van der Waals surface area contributed by atoms with Crippen molar-refractivity contribution >= 4 is 27.3 Å². The van der Waals surface area contributed by atoms with Crippen LogP contribution in [0.5, 0.6) is 0 Å². The molecule has 1 aromatic carbocycles. The lowest BCUT2D eigenvalue weighted by Gasteiger charge is -2.31. The molecular weight excluding hydrogens is 416 g/mol. The SMILES string of the molecule is O=C(CNc1cc(S(=O)(=O)N2CCCCC2)ccc1N1CCOCC1)NC1CCCC1. The molecule has 172 valence electrons. The van der Waals surface area contributed by atoms with Crippen LogP contribution in [0.1, 0.15) is 44.9 Å². The van der Waals surface area contributed by atoms with E-state index in [1.54, 1.807) is 16.4 Å². The molecule has 9 heteroatoms. The Bertz CT molecular complexity index is 858. The average Bonchev–Trinajstić information content (AvgIpc) is 3.31. The summed E-state index contributed by atoms with van der Waals surface area (Å²) in [7, 11) is -3.54. The summed E-state index contributed by atoms with van der Waals surface area (Å²) in [5.41, 5.74) is 1.59. The van der Waals surface area contributed by atoms with Crippen molar-refractivity contribution in [3.63, 3.8) is 0 Å². The second-order valence-electron chi connectivity index (χ2n) is 8.65. The first-order valence-electron chi connectivity index (χ1n) is 11.5. The number of morpholine rings is 1. The average molecular weight is 451 g/mol. The minimum Gasteiger partial charge on any atom is -0.378 e. The number of benzene rings is 1. The van der Waals surface area contributed by atoms with Gasteiger partial charge in [0.2, 0.25) is 15.9 Å². The van der Waals surface area contributed by atoms with Crippen LogP contribution in [0, 0.1) is 0 Å². The first kappa shape index (κ1) is 22.4. The number of ether oxygens (including phenoxy) is 1. The molecule has 2 heterocycles. The molecule has 1 saturated carbocycles. The van der Waals surface area contributed by atoms with Gasteiger partial charge in [0.05, 0.1) is 36.0 Å². The van der Waals surface area contributed by atoms with Crippen molar-refractivity contribution < 1.29 is 17.9 Å². The third kappa shape index (κ3) is 5.51. The Kier molecular flexibility index (Phi) is 7.35. The maximum Gasteiger partial charge on any atom is 0.243 e. The van der Waals surface area contributed by atoms with E-state index in [0.717, 1.165) is 63.7 Å². The number of piperidine rings is 1. The number of anilines is 2. The molecule has 0 atom stereocenters. The van der Waals surface area contributed by atoms with Gasteiger partial charge < -0.3 is 20.3 Å². The van der Waals surface area contributed by atoms with Crippen molar-refractivity contribution in [1.29, 1.82) is 0 Å². The highest BCUT2D eigenvalue weighted by atomic mass is 32.2. The summed E-state index contributed by atoms with van der Waals surface area (Å²) < 4.78 is 33.4. The minimum atomic E-state index is -3.54. The minimum absolute atomic E-state index is 0.0517. The molecule has 4 rings (SSSR count). The standard InChI is InChI=1S/C22H34N4O4S/c27-22(24-18-6-2-3-7-18)17-23-20-16-19(31(28,29)26-10-4-1-5-11-26)8-9-21(20)25-12-14-30-15-13-25/h8-9,16,18,23H,1-7,10-15,17H2,(H,24,27). The maximum atomic E-state index is 13.2. The van der Waals surface area contributed by atoms with Crippen LogP contribution in [-0.4, -0.2) is 70.6 Å². The molecule has 1 aromatic rings. The van der Waals surface area contributed by atoms with Crippen LogP contribution in [0.3, 0.4) is 0 Å². The third-order valence-corrected chi connectivity index (χ3v) is 8.33. The fourth-order valence-corrected chi connectivity index (χ4v) is 6.22. The first-order chi connectivity index (χ1) is 15.0. The molecule has 2 N–H and O–H groups in total. The maximum absolute atomic E-state index is 13.2. The van der Waals surface area contributed by atoms with Gasteiger partial charge in [-0.2, -0.15) is 4.31 Å². The van der Waals surface area contributed by atoms with E-state index in [1.165, 1.54) is 0 Å². The van der Waals surface area contributed by atoms with Gasteiger partial charge in [0.1, 0.15) is 0 Å². The van der Waals surface area contributed by atoms with E-state index in [9.17, 15) is 13.2 Å². The zero-order valence-corrected chi connectivity index (χ0v) is 19.0. The topological polar surface area (TPSA) is 91.0 Å². The summed E-state index contributed by atoms with van der Waals surface area (Å²) in [6, 6.07) is 5.51. The lowest BCUT2D eigenvalue weighted by atomic mass is 10.2. The highest BCUT2D eigenvalue weighted by Crippen LogP contribution is 2.31. The number of sulfonamides is 1. The predicted molar refractivity (Wildman–Crippen MR) is 121 cm³/mol. The van der Waals surface area contributed by atoms with Gasteiger partial charge in [-0.3, -0.25) is 4.79 Å². The lowest BCUT2D eigenvalue weighted by molar-refractivity contribution is -0.120. The largest absolute Gasteiger partial charge is 0.378 e. The molecule has 8 nitrogen and oxygen atoms in total. The molecule has 3 aliphatic rings. The second-order valence-corrected chi connectivity index (χ2v) is 10.6. The van der Waals surface area contributed by atoms with Crippen LogP contribution in [-0.2, 0) is 19.6 Å². The Morgan fingerprint density at radius 1 is 1.00 bits per heavy atom. The highest BCUT2D eigenvalue weighted by molar-refractivity contribution is 7.89. The lowest BCUT2D eigenvalue weighted by Crippen LogP contribution is -2.38. The van der Waals surface area contributed by atoms with Gasteiger partial charge >= 0.3 is 0 Å². The molecule has 1 amide bonds. The zero-order valence-electron chi connectivity index (χ0n) is 18.1. The number of nitrogens with one attached hydrogen (secondary N) is 2. The van der Waals surface area contributed by atoms with Crippen molar-refractivity contribution in [2.45, 2.75) is 55.9 Å². The van der Waals surface area contributed by atoms with E-state index in [2.05, 4.69) is 15.5 Å². The van der Waals surface area contributed by atoms with E-state index in [1.807, 2.05) is 6.07 Å². The monoisotopic (exact) mass is 450 g/mol. The van der Waals surface area contributed by atoms with Crippen LogP contribution in [0.2, 0.25) is 0 Å². The summed E-state index contributed by atoms with van der Waals surface area (Å²) in [5, 5.41) is 6.31. The van der Waals surface area contributed by atoms with Gasteiger partial charge in [0.15, 0.2) is 0 Å². The van der Waals surface area contributed by atoms with Crippen molar-refractivity contribution in [3.05, 3.63) is 18.2 Å². The number of nitrogens with zero attached hydrogens (tertiary/aromatic N) is 2. The molecule has 2 aliphatic heterocycles. The Morgan fingerprint density at radius 2 is 1.71 bits per heavy atom. The van der Waals surface area contributed by atoms with E-state index in [4.69, 9.17) is 4.74 Å². The van der Waals surface area contributed by atoms with E-state index >= 15 is 0 Å². The number of amides is 1. The summed E-state index contributed by atoms with van der Waals surface area (Å²) >= 11 is 0. The van der Waals surface area contributed by atoms with E-state index in [-0.39, 0.29) is 23.4 Å². The van der Waals surface area contributed by atoms with Gasteiger partial charge in [-0.25, -0.2) is 8.42 Å². The molecule has 0 spiro atoms. The number of carbonyl (C=O) groups excluding carboxylic acids is 1. The van der Waals surface area contributed by atoms with Crippen molar-refractivity contribution in [2.24, 2.45) is 0 Å². The van der Waals surface area contributed by atoms with Crippen LogP contribution in [0.15, 0.2) is 23.1 Å². The quantitative estimate of drug-likeness (QED) is 0.662. The van der Waals surface area contributed by atoms with Gasteiger partial charge in [-0.1, -0.05) is 19.3 Å². The molecular formula is C22H34N4O4S. The molecule has 0 unspecified atom stereocenters. The Hall–Kier alpha value is -1.84. The van der Waals surface area contributed by atoms with Gasteiger partial charge in [-0.05, 0) is 43.9 Å². The van der Waals surface area contributed by atoms with Gasteiger partial charge in [0.25, 0.3) is 0 Å². The molecule has 3 fully saturated rings. The molecule has 0 aromatic heterocycles. The van der Waals surface area contributed by atoms with Crippen molar-refractivity contribution in [2.75, 3.05) is 56.2 Å². The molecule has 2 saturated heterocycles. The Balaban J connectivity index is 1.53. The van der Waals surface area contributed by atoms with E-state index in [0.29, 0.717) is 32.0 Å². The first-order valence-corrected chi connectivity index (χ1v) is 13.0. The van der Waals surface area contributed by atoms with Crippen molar-refractivity contribution in [3.8, 4) is 0 Å². The number of hydrogen-bond acceptors (Lipinski definition) is 6. The summed E-state index contributed by atoms with van der Waals surface area (Å²) in [4.78, 5) is 14.9. The number of hydrogen-bond donors (Lipinski definition) is 2. The summed E-state index contributed by atoms with van der Waals surface area (Å²) in [5.74, 6) is -0.0517. The number of rotatable bonds is 7. The van der Waals surface area contributed by atoms with Crippen LogP contribution >= 0.6 is 0 Å². The Labute approximate surface area is 185 Å². The second kappa shape index (κ2) is 10.2. The molecule has 1 aliphatic carbocycles. The molecule has 0 radical (unpaired) electrons. The highest BCUT2D eigenvalue weighted by Gasteiger charge is 2.27. The van der Waals surface area contributed by atoms with Gasteiger partial charge in [0, 0.05) is 32.2 Å². The molecule has 31 heavy (non-hydrogen) atoms. The fourth-order valence-electron chi connectivity index (χ4n) is 4.68. The van der Waals surface area contributed by atoms with E-state index < -0.39 is 10.0 Å².